The lowest BCUT2D eigenvalue weighted by molar-refractivity contribution is 0.0497. The van der Waals surface area contributed by atoms with Crippen LogP contribution in [0, 0.1) is 0 Å². The second kappa shape index (κ2) is 8.37. The van der Waals surface area contributed by atoms with Gasteiger partial charge in [-0.3, -0.25) is 0 Å². The molecule has 0 aromatic heterocycles. The van der Waals surface area contributed by atoms with Crippen molar-refractivity contribution in [2.75, 3.05) is 26.1 Å². The Morgan fingerprint density at radius 2 is 2.00 bits per heavy atom. The largest absolute Gasteiger partial charge is 0.495 e. The van der Waals surface area contributed by atoms with Gasteiger partial charge in [0.05, 0.1) is 25.0 Å². The van der Waals surface area contributed by atoms with Crippen LogP contribution in [-0.2, 0) is 4.74 Å². The number of rotatable bonds is 8. The van der Waals surface area contributed by atoms with Gasteiger partial charge in [-0.05, 0) is 37.5 Å². The number of unbranched alkanes of at least 4 members (excludes halogenated alkanes) is 3. The Morgan fingerprint density at radius 1 is 1.26 bits per heavy atom. The van der Waals surface area contributed by atoms with Crippen LogP contribution in [0.1, 0.15) is 36.0 Å². The summed E-state index contributed by atoms with van der Waals surface area (Å²) in [5, 5.41) is 8.62. The smallest absolute Gasteiger partial charge is 0.338 e. The summed E-state index contributed by atoms with van der Waals surface area (Å²) in [5.41, 5.74) is 6.59. The van der Waals surface area contributed by atoms with E-state index >= 15 is 0 Å². The fraction of sp³-hybridized carbons (Fsp3) is 0.500. The highest BCUT2D eigenvalue weighted by Gasteiger charge is 2.09. The third-order valence-corrected chi connectivity index (χ3v) is 2.75. The van der Waals surface area contributed by atoms with Gasteiger partial charge in [0, 0.05) is 6.61 Å². The number of anilines is 1. The molecule has 5 nitrogen and oxygen atoms in total. The molecule has 0 atom stereocenters. The van der Waals surface area contributed by atoms with E-state index in [4.69, 9.17) is 20.3 Å². The third-order valence-electron chi connectivity index (χ3n) is 2.75. The predicted octanol–water partition coefficient (Wildman–Crippen LogP) is 1.99. The topological polar surface area (TPSA) is 81.8 Å². The molecule has 3 N–H and O–H groups in total. The normalized spacial score (nSPS) is 10.2. The predicted molar refractivity (Wildman–Crippen MR) is 73.2 cm³/mol. The number of nitrogen functional groups attached to an aromatic ring is 1. The van der Waals surface area contributed by atoms with Gasteiger partial charge in [-0.15, -0.1) is 0 Å². The molecule has 1 aromatic carbocycles. The highest BCUT2D eigenvalue weighted by atomic mass is 16.5. The zero-order chi connectivity index (χ0) is 14.1. The third kappa shape index (κ3) is 5.18. The van der Waals surface area contributed by atoms with E-state index < -0.39 is 0 Å². The molecule has 0 radical (unpaired) electrons. The maximum atomic E-state index is 11.8. The lowest BCUT2D eigenvalue weighted by atomic mass is 10.2. The van der Waals surface area contributed by atoms with E-state index in [1.807, 2.05) is 0 Å². The first kappa shape index (κ1) is 15.3. The summed E-state index contributed by atoms with van der Waals surface area (Å²) in [6.45, 7) is 0.599. The van der Waals surface area contributed by atoms with Gasteiger partial charge in [-0.25, -0.2) is 4.79 Å². The van der Waals surface area contributed by atoms with Crippen LogP contribution in [0.2, 0.25) is 0 Å². The molecule has 0 saturated carbocycles. The van der Waals surface area contributed by atoms with Crippen molar-refractivity contribution in [2.24, 2.45) is 0 Å². The lowest BCUT2D eigenvalue weighted by Crippen LogP contribution is -2.07. The van der Waals surface area contributed by atoms with E-state index in [1.54, 1.807) is 18.2 Å². The van der Waals surface area contributed by atoms with Crippen LogP contribution in [0.5, 0.6) is 5.75 Å². The highest BCUT2D eigenvalue weighted by molar-refractivity contribution is 5.90. The molecule has 0 saturated heterocycles. The standard InChI is InChI=1S/C14H21NO4/c1-18-13-10-11(6-7-12(13)15)14(17)19-9-5-3-2-4-8-16/h6-7,10,16H,2-5,8-9,15H2,1H3. The number of benzene rings is 1. The number of esters is 1. The number of carbonyl (C=O) groups is 1. The molecule has 0 aliphatic rings. The van der Waals surface area contributed by atoms with Crippen molar-refractivity contribution in [3.63, 3.8) is 0 Å². The number of aliphatic hydroxyl groups excluding tert-OH is 1. The second-order valence-corrected chi connectivity index (χ2v) is 4.23. The number of carbonyl (C=O) groups excluding carboxylic acids is 1. The highest BCUT2D eigenvalue weighted by Crippen LogP contribution is 2.22. The lowest BCUT2D eigenvalue weighted by Gasteiger charge is -2.08. The zero-order valence-corrected chi connectivity index (χ0v) is 11.2. The minimum Gasteiger partial charge on any atom is -0.495 e. The minimum absolute atomic E-state index is 0.213. The molecule has 0 aliphatic heterocycles. The van der Waals surface area contributed by atoms with Gasteiger partial charge in [0.1, 0.15) is 5.75 Å². The SMILES string of the molecule is COc1cc(C(=O)OCCCCCCO)ccc1N. The molecular weight excluding hydrogens is 246 g/mol. The van der Waals surface area contributed by atoms with Gasteiger partial charge in [-0.2, -0.15) is 0 Å². The number of hydrogen-bond acceptors (Lipinski definition) is 5. The molecular formula is C14H21NO4. The van der Waals surface area contributed by atoms with Crippen molar-refractivity contribution in [1.82, 2.24) is 0 Å². The Labute approximate surface area is 113 Å². The van der Waals surface area contributed by atoms with Gasteiger partial charge in [0.25, 0.3) is 0 Å². The van der Waals surface area contributed by atoms with Crippen LogP contribution in [0.25, 0.3) is 0 Å². The first-order valence-electron chi connectivity index (χ1n) is 6.40. The minimum atomic E-state index is -0.375. The first-order chi connectivity index (χ1) is 9.19. The average Bonchev–Trinajstić information content (AvgIpc) is 2.43. The summed E-state index contributed by atoms with van der Waals surface area (Å²) in [6, 6.07) is 4.81. The molecule has 106 valence electrons. The number of ether oxygens (including phenoxy) is 2. The van der Waals surface area contributed by atoms with Gasteiger partial charge in [-0.1, -0.05) is 6.42 Å². The van der Waals surface area contributed by atoms with Crippen LogP contribution in [-0.4, -0.2) is 31.4 Å². The summed E-state index contributed by atoms with van der Waals surface area (Å²) in [5.74, 6) is 0.0952. The quantitative estimate of drug-likeness (QED) is 0.427. The van der Waals surface area contributed by atoms with Gasteiger partial charge in [0.2, 0.25) is 0 Å². The molecule has 0 bridgehead atoms. The molecule has 0 fully saturated rings. The second-order valence-electron chi connectivity index (χ2n) is 4.23. The number of nitrogens with two attached hydrogens (primary N) is 1. The Morgan fingerprint density at radius 3 is 2.68 bits per heavy atom. The molecule has 0 spiro atoms. The molecule has 1 rings (SSSR count). The van der Waals surface area contributed by atoms with Crippen molar-refractivity contribution in [1.29, 1.82) is 0 Å². The molecule has 1 aromatic rings. The van der Waals surface area contributed by atoms with E-state index in [-0.39, 0.29) is 12.6 Å². The van der Waals surface area contributed by atoms with Crippen molar-refractivity contribution >= 4 is 11.7 Å². The van der Waals surface area contributed by atoms with Crippen molar-refractivity contribution in [2.45, 2.75) is 25.7 Å². The number of methoxy groups -OCH3 is 1. The van der Waals surface area contributed by atoms with Crippen molar-refractivity contribution < 1.29 is 19.4 Å². The maximum absolute atomic E-state index is 11.8. The Kier molecular flexibility index (Phi) is 6.74. The molecule has 0 heterocycles. The van der Waals surface area contributed by atoms with E-state index in [0.717, 1.165) is 25.7 Å². The fourth-order valence-electron chi connectivity index (χ4n) is 1.65. The number of hydrogen-bond donors (Lipinski definition) is 2. The van der Waals surface area contributed by atoms with Gasteiger partial charge < -0.3 is 20.3 Å². The Bertz CT molecular complexity index is 406. The van der Waals surface area contributed by atoms with E-state index in [2.05, 4.69) is 0 Å². The number of aliphatic hydroxyl groups is 1. The molecule has 0 unspecified atom stereocenters. The molecule has 5 heteroatoms. The monoisotopic (exact) mass is 267 g/mol. The van der Waals surface area contributed by atoms with Crippen LogP contribution >= 0.6 is 0 Å². The fourth-order valence-corrected chi connectivity index (χ4v) is 1.65. The summed E-state index contributed by atoms with van der Waals surface area (Å²) >= 11 is 0. The zero-order valence-electron chi connectivity index (χ0n) is 11.2. The first-order valence-corrected chi connectivity index (χ1v) is 6.40. The average molecular weight is 267 g/mol. The Hall–Kier alpha value is -1.75. The van der Waals surface area contributed by atoms with Crippen LogP contribution < -0.4 is 10.5 Å². The van der Waals surface area contributed by atoms with Gasteiger partial charge >= 0.3 is 5.97 Å². The Balaban J connectivity index is 2.37. The van der Waals surface area contributed by atoms with Crippen molar-refractivity contribution in [3.05, 3.63) is 23.8 Å². The van der Waals surface area contributed by atoms with Gasteiger partial charge in [0.15, 0.2) is 0 Å². The molecule has 0 amide bonds. The summed E-state index contributed by atoms with van der Waals surface area (Å²) in [4.78, 5) is 11.8. The van der Waals surface area contributed by atoms with Crippen molar-refractivity contribution in [3.8, 4) is 5.75 Å². The molecule has 0 aliphatic carbocycles. The summed E-state index contributed by atoms with van der Waals surface area (Å²) in [7, 11) is 1.50. The van der Waals surface area contributed by atoms with Crippen LogP contribution in [0.3, 0.4) is 0 Å². The van der Waals surface area contributed by atoms with E-state index in [0.29, 0.717) is 23.6 Å². The maximum Gasteiger partial charge on any atom is 0.338 e. The van der Waals surface area contributed by atoms with Crippen LogP contribution in [0.15, 0.2) is 18.2 Å². The van der Waals surface area contributed by atoms with Crippen LogP contribution in [0.4, 0.5) is 5.69 Å². The summed E-state index contributed by atoms with van der Waals surface area (Å²) < 4.78 is 10.2. The molecule has 19 heavy (non-hydrogen) atoms. The summed E-state index contributed by atoms with van der Waals surface area (Å²) in [6.07, 6.45) is 3.49. The van der Waals surface area contributed by atoms with E-state index in [9.17, 15) is 4.79 Å². The van der Waals surface area contributed by atoms with E-state index in [1.165, 1.54) is 7.11 Å².